The summed E-state index contributed by atoms with van der Waals surface area (Å²) in [6, 6.07) is 1.77. The average molecular weight is 275 g/mol. The Bertz CT molecular complexity index is 610. The Balaban J connectivity index is 2.38. The van der Waals surface area contributed by atoms with Crippen molar-refractivity contribution < 1.29 is 0 Å². The minimum atomic E-state index is -0.159. The fourth-order valence-corrected chi connectivity index (χ4v) is 1.78. The maximum Gasteiger partial charge on any atom is 0.145 e. The SMILES string of the molecule is Cc1nn(C)cc1Nc1cc(NN)nc(C(C)(C)C)n1. The van der Waals surface area contributed by atoms with E-state index in [9.17, 15) is 0 Å². The summed E-state index contributed by atoms with van der Waals surface area (Å²) in [5, 5.41) is 7.54. The Kier molecular flexibility index (Phi) is 3.63. The van der Waals surface area contributed by atoms with Crippen molar-refractivity contribution in [3.8, 4) is 0 Å². The van der Waals surface area contributed by atoms with Gasteiger partial charge in [0.2, 0.25) is 0 Å². The number of anilines is 3. The minimum Gasteiger partial charge on any atom is -0.337 e. The number of hydrazine groups is 1. The van der Waals surface area contributed by atoms with Crippen molar-refractivity contribution in [1.29, 1.82) is 0 Å². The Hall–Kier alpha value is -2.15. The molecule has 0 saturated heterocycles. The number of nitrogens with one attached hydrogen (secondary N) is 2. The highest BCUT2D eigenvalue weighted by Crippen LogP contribution is 2.24. The van der Waals surface area contributed by atoms with Crippen LogP contribution in [-0.2, 0) is 12.5 Å². The molecule has 0 aromatic carbocycles. The van der Waals surface area contributed by atoms with Crippen LogP contribution in [-0.4, -0.2) is 19.7 Å². The third-order valence-electron chi connectivity index (χ3n) is 2.82. The van der Waals surface area contributed by atoms with Gasteiger partial charge < -0.3 is 10.7 Å². The predicted molar refractivity (Wildman–Crippen MR) is 79.8 cm³/mol. The molecule has 2 aromatic heterocycles. The summed E-state index contributed by atoms with van der Waals surface area (Å²) in [4.78, 5) is 8.93. The van der Waals surface area contributed by atoms with Crippen LogP contribution < -0.4 is 16.6 Å². The van der Waals surface area contributed by atoms with Crippen LogP contribution in [0.2, 0.25) is 0 Å². The second-order valence-electron chi connectivity index (χ2n) is 5.78. The van der Waals surface area contributed by atoms with Gasteiger partial charge in [-0.05, 0) is 6.92 Å². The van der Waals surface area contributed by atoms with E-state index in [1.165, 1.54) is 0 Å². The summed E-state index contributed by atoms with van der Waals surface area (Å²) in [6.07, 6.45) is 1.91. The summed E-state index contributed by atoms with van der Waals surface area (Å²) in [6.45, 7) is 8.11. The summed E-state index contributed by atoms with van der Waals surface area (Å²) < 4.78 is 1.76. The summed E-state index contributed by atoms with van der Waals surface area (Å²) >= 11 is 0. The normalized spacial score (nSPS) is 11.5. The minimum absolute atomic E-state index is 0.159. The molecule has 0 saturated carbocycles. The van der Waals surface area contributed by atoms with Crippen LogP contribution in [0.4, 0.5) is 17.3 Å². The lowest BCUT2D eigenvalue weighted by Crippen LogP contribution is -2.19. The number of aryl methyl sites for hydroxylation is 2. The van der Waals surface area contributed by atoms with E-state index in [0.717, 1.165) is 17.2 Å². The van der Waals surface area contributed by atoms with E-state index in [4.69, 9.17) is 5.84 Å². The second-order valence-corrected chi connectivity index (χ2v) is 5.78. The zero-order valence-corrected chi connectivity index (χ0v) is 12.5. The molecule has 4 N–H and O–H groups in total. The Morgan fingerprint density at radius 2 is 1.85 bits per heavy atom. The maximum atomic E-state index is 5.47. The summed E-state index contributed by atoms with van der Waals surface area (Å²) in [7, 11) is 1.88. The molecule has 2 rings (SSSR count). The first-order chi connectivity index (χ1) is 9.29. The monoisotopic (exact) mass is 275 g/mol. The highest BCUT2D eigenvalue weighted by molar-refractivity contribution is 5.60. The van der Waals surface area contributed by atoms with Crippen molar-refractivity contribution in [2.24, 2.45) is 12.9 Å². The third kappa shape index (κ3) is 3.05. The van der Waals surface area contributed by atoms with Crippen molar-refractivity contribution in [3.05, 3.63) is 23.8 Å². The number of hydrogen-bond donors (Lipinski definition) is 3. The van der Waals surface area contributed by atoms with E-state index >= 15 is 0 Å². The largest absolute Gasteiger partial charge is 0.337 e. The van der Waals surface area contributed by atoms with Crippen molar-refractivity contribution in [3.63, 3.8) is 0 Å². The highest BCUT2D eigenvalue weighted by atomic mass is 15.3. The Labute approximate surface area is 118 Å². The highest BCUT2D eigenvalue weighted by Gasteiger charge is 2.19. The first kappa shape index (κ1) is 14.3. The number of hydrogen-bond acceptors (Lipinski definition) is 6. The van der Waals surface area contributed by atoms with Crippen LogP contribution in [0, 0.1) is 6.92 Å². The molecule has 0 unspecified atom stereocenters. The average Bonchev–Trinajstić information content (AvgIpc) is 2.66. The standard InChI is InChI=1S/C13H21N7/c1-8-9(7-20(5)19-8)15-10-6-11(18-14)17-12(16-10)13(2,3)4/h6-7H,14H2,1-5H3,(H2,15,16,17,18). The molecule has 0 aliphatic heterocycles. The van der Waals surface area contributed by atoms with E-state index in [2.05, 4.69) is 46.6 Å². The molecule has 108 valence electrons. The van der Waals surface area contributed by atoms with Gasteiger partial charge in [-0.3, -0.25) is 4.68 Å². The molecule has 2 heterocycles. The van der Waals surface area contributed by atoms with Gasteiger partial charge in [-0.25, -0.2) is 15.8 Å². The Morgan fingerprint density at radius 1 is 1.20 bits per heavy atom. The smallest absolute Gasteiger partial charge is 0.145 e. The van der Waals surface area contributed by atoms with E-state index in [0.29, 0.717) is 11.6 Å². The molecule has 7 heteroatoms. The van der Waals surface area contributed by atoms with Crippen LogP contribution in [0.15, 0.2) is 12.3 Å². The van der Waals surface area contributed by atoms with Gasteiger partial charge in [0.25, 0.3) is 0 Å². The molecule has 0 atom stereocenters. The molecule has 0 amide bonds. The number of aromatic nitrogens is 4. The van der Waals surface area contributed by atoms with E-state index in [-0.39, 0.29) is 5.41 Å². The van der Waals surface area contributed by atoms with Gasteiger partial charge in [0.05, 0.1) is 11.4 Å². The molecule has 0 spiro atoms. The van der Waals surface area contributed by atoms with Gasteiger partial charge in [0, 0.05) is 24.7 Å². The molecule has 0 bridgehead atoms. The molecular formula is C13H21N7. The van der Waals surface area contributed by atoms with Crippen molar-refractivity contribution >= 4 is 17.3 Å². The molecule has 0 fully saturated rings. The van der Waals surface area contributed by atoms with Crippen molar-refractivity contribution in [1.82, 2.24) is 19.7 Å². The Morgan fingerprint density at radius 3 is 2.35 bits per heavy atom. The lowest BCUT2D eigenvalue weighted by molar-refractivity contribution is 0.547. The van der Waals surface area contributed by atoms with Gasteiger partial charge in [-0.1, -0.05) is 20.8 Å². The van der Waals surface area contributed by atoms with Crippen molar-refractivity contribution in [2.75, 3.05) is 10.7 Å². The van der Waals surface area contributed by atoms with Gasteiger partial charge in [0.15, 0.2) is 0 Å². The van der Waals surface area contributed by atoms with Gasteiger partial charge in [0.1, 0.15) is 17.5 Å². The topological polar surface area (TPSA) is 93.7 Å². The third-order valence-corrected chi connectivity index (χ3v) is 2.82. The van der Waals surface area contributed by atoms with Gasteiger partial charge in [-0.15, -0.1) is 0 Å². The number of nitrogens with two attached hydrogens (primary N) is 1. The number of nitrogens with zero attached hydrogens (tertiary/aromatic N) is 4. The van der Waals surface area contributed by atoms with Gasteiger partial charge in [-0.2, -0.15) is 5.10 Å². The zero-order chi connectivity index (χ0) is 14.9. The summed E-state index contributed by atoms with van der Waals surface area (Å²) in [5.74, 6) is 7.46. The van der Waals surface area contributed by atoms with Crippen LogP contribution in [0.5, 0.6) is 0 Å². The molecule has 0 aliphatic rings. The molecular weight excluding hydrogens is 254 g/mol. The molecule has 7 nitrogen and oxygen atoms in total. The maximum absolute atomic E-state index is 5.47. The lowest BCUT2D eigenvalue weighted by Gasteiger charge is -2.18. The second kappa shape index (κ2) is 5.09. The molecule has 0 aliphatic carbocycles. The summed E-state index contributed by atoms with van der Waals surface area (Å²) in [5.41, 5.74) is 4.23. The van der Waals surface area contributed by atoms with Crippen LogP contribution in [0.3, 0.4) is 0 Å². The van der Waals surface area contributed by atoms with E-state index in [1.54, 1.807) is 10.7 Å². The number of nitrogen functional groups attached to an aromatic ring is 1. The fraction of sp³-hybridized carbons (Fsp3) is 0.462. The van der Waals surface area contributed by atoms with E-state index < -0.39 is 0 Å². The van der Waals surface area contributed by atoms with Crippen molar-refractivity contribution in [2.45, 2.75) is 33.1 Å². The molecule has 0 radical (unpaired) electrons. The quantitative estimate of drug-likeness (QED) is 0.584. The predicted octanol–water partition coefficient (Wildman–Crippen LogP) is 1.85. The first-order valence-electron chi connectivity index (χ1n) is 6.43. The number of rotatable bonds is 3. The van der Waals surface area contributed by atoms with Crippen LogP contribution in [0.25, 0.3) is 0 Å². The van der Waals surface area contributed by atoms with E-state index in [1.807, 2.05) is 20.2 Å². The molecule has 2 aromatic rings. The molecule has 20 heavy (non-hydrogen) atoms. The van der Waals surface area contributed by atoms with Crippen LogP contribution in [0.1, 0.15) is 32.3 Å². The lowest BCUT2D eigenvalue weighted by atomic mass is 9.96. The zero-order valence-electron chi connectivity index (χ0n) is 12.5. The van der Waals surface area contributed by atoms with Crippen LogP contribution >= 0.6 is 0 Å². The first-order valence-corrected chi connectivity index (χ1v) is 6.43. The van der Waals surface area contributed by atoms with Gasteiger partial charge >= 0.3 is 0 Å². The fourth-order valence-electron chi connectivity index (χ4n) is 1.78.